The molecule has 130 valence electrons. The van der Waals surface area contributed by atoms with E-state index in [4.69, 9.17) is 0 Å². The lowest BCUT2D eigenvalue weighted by atomic mass is 10.2. The van der Waals surface area contributed by atoms with E-state index in [9.17, 15) is 4.79 Å². The summed E-state index contributed by atoms with van der Waals surface area (Å²) in [7, 11) is 2.19. The first-order valence-corrected chi connectivity index (χ1v) is 9.43. The van der Waals surface area contributed by atoms with Gasteiger partial charge in [-0.1, -0.05) is 30.3 Å². The van der Waals surface area contributed by atoms with Crippen molar-refractivity contribution in [3.8, 4) is 11.3 Å². The first kappa shape index (κ1) is 16.3. The van der Waals surface area contributed by atoms with Crippen LogP contribution in [-0.2, 0) is 11.2 Å². The fourth-order valence-corrected chi connectivity index (χ4v) is 3.96. The number of carbonyl (C=O) groups is 1. The van der Waals surface area contributed by atoms with Gasteiger partial charge in [0.25, 0.3) is 0 Å². The molecule has 1 amide bonds. The molecule has 2 aromatic heterocycles. The van der Waals surface area contributed by atoms with Gasteiger partial charge >= 0.3 is 0 Å². The third kappa shape index (κ3) is 3.58. The molecule has 0 unspecified atom stereocenters. The van der Waals surface area contributed by atoms with E-state index in [0.29, 0.717) is 6.42 Å². The van der Waals surface area contributed by atoms with Gasteiger partial charge in [-0.3, -0.25) is 14.6 Å². The van der Waals surface area contributed by atoms with Crippen LogP contribution in [-0.4, -0.2) is 53.5 Å². The number of rotatable bonds is 4. The summed E-state index contributed by atoms with van der Waals surface area (Å²) in [5.74, 6) is 0.0363. The summed E-state index contributed by atoms with van der Waals surface area (Å²) in [5.41, 5.74) is 6.04. The lowest BCUT2D eigenvalue weighted by molar-refractivity contribution is -0.884. The topological polar surface area (TPSA) is 54.1 Å². The van der Waals surface area contributed by atoms with Gasteiger partial charge in [0.05, 0.1) is 45.3 Å². The highest BCUT2D eigenvalue weighted by molar-refractivity contribution is 7.15. The van der Waals surface area contributed by atoms with Crippen LogP contribution in [0.25, 0.3) is 16.2 Å². The van der Waals surface area contributed by atoms with Gasteiger partial charge in [-0.25, -0.2) is 9.99 Å². The van der Waals surface area contributed by atoms with Crippen LogP contribution < -0.4 is 10.3 Å². The molecule has 1 saturated heterocycles. The Hall–Kier alpha value is -2.22. The van der Waals surface area contributed by atoms with Crippen molar-refractivity contribution in [1.82, 2.24) is 19.8 Å². The number of piperazine rings is 1. The van der Waals surface area contributed by atoms with Crippen LogP contribution in [0.3, 0.4) is 0 Å². The molecular weight excluding hydrogens is 334 g/mol. The molecule has 4 rings (SSSR count). The van der Waals surface area contributed by atoms with Gasteiger partial charge in [-0.05, 0) is 0 Å². The second-order valence-corrected chi connectivity index (χ2v) is 7.36. The highest BCUT2D eigenvalue weighted by atomic mass is 32.1. The first-order valence-electron chi connectivity index (χ1n) is 8.55. The molecule has 3 heterocycles. The Bertz CT molecular complexity index is 864. The van der Waals surface area contributed by atoms with Crippen molar-refractivity contribution in [3.05, 3.63) is 47.6 Å². The van der Waals surface area contributed by atoms with Crippen molar-refractivity contribution >= 4 is 22.2 Å². The van der Waals surface area contributed by atoms with Crippen molar-refractivity contribution in [3.63, 3.8) is 0 Å². The van der Waals surface area contributed by atoms with Crippen LogP contribution in [0.4, 0.5) is 0 Å². The summed E-state index contributed by atoms with van der Waals surface area (Å²) in [6.07, 6.45) is 2.38. The summed E-state index contributed by atoms with van der Waals surface area (Å²) in [6.45, 7) is 3.93. The number of carbonyl (C=O) groups excluding carboxylic acids is 1. The molecule has 25 heavy (non-hydrogen) atoms. The molecule has 7 heteroatoms. The largest absolute Gasteiger partial charge is 0.335 e. The number of amides is 1. The molecule has 0 aliphatic carbocycles. The molecule has 1 aromatic carbocycles. The zero-order chi connectivity index (χ0) is 17.2. The van der Waals surface area contributed by atoms with Gasteiger partial charge < -0.3 is 4.90 Å². The van der Waals surface area contributed by atoms with E-state index in [-0.39, 0.29) is 5.91 Å². The van der Waals surface area contributed by atoms with E-state index in [2.05, 4.69) is 17.5 Å². The van der Waals surface area contributed by atoms with Gasteiger partial charge in [0.2, 0.25) is 5.91 Å². The van der Waals surface area contributed by atoms with Crippen LogP contribution in [0.5, 0.6) is 0 Å². The smallest absolute Gasteiger partial charge is 0.240 e. The number of thiazole rings is 1. The molecular formula is C18H22N5OS+. The number of quaternary nitrogens is 1. The van der Waals surface area contributed by atoms with E-state index >= 15 is 0 Å². The molecule has 2 N–H and O–H groups in total. The second kappa shape index (κ2) is 6.95. The summed E-state index contributed by atoms with van der Waals surface area (Å²) >= 11 is 1.57. The van der Waals surface area contributed by atoms with Crippen LogP contribution in [0, 0.1) is 0 Å². The van der Waals surface area contributed by atoms with E-state index in [1.807, 2.05) is 51.3 Å². The molecule has 0 bridgehead atoms. The highest BCUT2D eigenvalue weighted by Crippen LogP contribution is 2.23. The van der Waals surface area contributed by atoms with Crippen molar-refractivity contribution in [2.75, 3.05) is 33.2 Å². The van der Waals surface area contributed by atoms with Gasteiger partial charge in [-0.15, -0.1) is 11.3 Å². The highest BCUT2D eigenvalue weighted by Gasteiger charge is 2.19. The summed E-state index contributed by atoms with van der Waals surface area (Å²) in [5, 5.41) is 4.05. The van der Waals surface area contributed by atoms with E-state index < -0.39 is 0 Å². The third-order valence-electron chi connectivity index (χ3n) is 4.59. The van der Waals surface area contributed by atoms with Crippen molar-refractivity contribution in [1.29, 1.82) is 0 Å². The quantitative estimate of drug-likeness (QED) is 0.714. The van der Waals surface area contributed by atoms with Crippen molar-refractivity contribution < 1.29 is 9.69 Å². The molecule has 0 spiro atoms. The van der Waals surface area contributed by atoms with E-state index in [1.165, 1.54) is 4.90 Å². The lowest BCUT2D eigenvalue weighted by Crippen LogP contribution is -3.12. The first-order chi connectivity index (χ1) is 12.2. The van der Waals surface area contributed by atoms with Crippen LogP contribution in [0.15, 0.2) is 41.9 Å². The minimum Gasteiger partial charge on any atom is -0.335 e. The second-order valence-electron chi connectivity index (χ2n) is 6.53. The Morgan fingerprint density at radius 2 is 2.04 bits per heavy atom. The molecule has 0 radical (unpaired) electrons. The number of hydrogen-bond donors (Lipinski definition) is 2. The molecule has 3 aromatic rings. The normalized spacial score (nSPS) is 16.4. The number of imidazole rings is 1. The van der Waals surface area contributed by atoms with Gasteiger partial charge in [0.1, 0.15) is 0 Å². The summed E-state index contributed by atoms with van der Waals surface area (Å²) < 4.78 is 2.03. The summed E-state index contributed by atoms with van der Waals surface area (Å²) in [4.78, 5) is 19.5. The van der Waals surface area contributed by atoms with E-state index in [0.717, 1.165) is 48.1 Å². The third-order valence-corrected chi connectivity index (χ3v) is 5.48. The Kier molecular flexibility index (Phi) is 4.52. The zero-order valence-electron chi connectivity index (χ0n) is 14.2. The fourth-order valence-electron chi connectivity index (χ4n) is 3.09. The lowest BCUT2D eigenvalue weighted by Gasteiger charge is -2.30. The van der Waals surface area contributed by atoms with Crippen LogP contribution in [0.2, 0.25) is 0 Å². The van der Waals surface area contributed by atoms with Crippen LogP contribution >= 0.6 is 11.3 Å². The van der Waals surface area contributed by atoms with Crippen molar-refractivity contribution in [2.24, 2.45) is 0 Å². The number of hydrazine groups is 1. The van der Waals surface area contributed by atoms with E-state index in [1.54, 1.807) is 11.3 Å². The zero-order valence-corrected chi connectivity index (χ0v) is 15.1. The molecule has 0 saturated carbocycles. The maximum atomic E-state index is 12.4. The molecule has 0 atom stereocenters. The minimum absolute atomic E-state index is 0.0363. The van der Waals surface area contributed by atoms with Gasteiger partial charge in [0, 0.05) is 22.8 Å². The number of fused-ring (bicyclic) bond motifs is 1. The molecule has 1 aliphatic heterocycles. The Balaban J connectivity index is 1.46. The average Bonchev–Trinajstić information content (AvgIpc) is 3.20. The number of benzene rings is 1. The number of likely N-dealkylation sites (N-methyl/N-ethyl adjacent to an activating group) is 1. The molecule has 6 nitrogen and oxygen atoms in total. The number of nitrogens with zero attached hydrogens (tertiary/aromatic N) is 3. The average molecular weight is 356 g/mol. The standard InChI is InChI=1S/C18H21N5OS/c1-21-7-9-22(10-8-21)20-17(24)11-15-13-25-18-19-16(12-23(15)18)14-5-3-2-4-6-14/h2-6,12-13H,7-11H2,1H3,(H,20,24)/p+1. The number of hydrogen-bond acceptors (Lipinski definition) is 4. The minimum atomic E-state index is 0.0363. The van der Waals surface area contributed by atoms with Crippen LogP contribution in [0.1, 0.15) is 5.69 Å². The molecule has 1 fully saturated rings. The SMILES string of the molecule is C[NH+]1CCN(NC(=O)Cc2csc3nc(-c4ccccc4)cn23)CC1. The predicted molar refractivity (Wildman–Crippen MR) is 98.5 cm³/mol. The summed E-state index contributed by atoms with van der Waals surface area (Å²) in [6, 6.07) is 10.1. The maximum absolute atomic E-state index is 12.4. The van der Waals surface area contributed by atoms with Gasteiger partial charge in [-0.2, -0.15) is 0 Å². The fraction of sp³-hybridized carbons (Fsp3) is 0.333. The Morgan fingerprint density at radius 1 is 1.28 bits per heavy atom. The predicted octanol–water partition coefficient (Wildman–Crippen LogP) is 0.467. The molecule has 1 aliphatic rings. The number of nitrogens with one attached hydrogen (secondary N) is 2. The maximum Gasteiger partial charge on any atom is 0.240 e. The Morgan fingerprint density at radius 3 is 2.80 bits per heavy atom. The Labute approximate surface area is 150 Å². The van der Waals surface area contributed by atoms with Gasteiger partial charge in [0.15, 0.2) is 4.96 Å². The number of aromatic nitrogens is 2. The van der Waals surface area contributed by atoms with Crippen molar-refractivity contribution in [2.45, 2.75) is 6.42 Å². The monoisotopic (exact) mass is 356 g/mol.